The van der Waals surface area contributed by atoms with Gasteiger partial charge in [-0.15, -0.1) is 23.4 Å². The highest BCUT2D eigenvalue weighted by Crippen LogP contribution is 2.24. The smallest absolute Gasteiger partial charge is 0.406 e. The molecule has 0 saturated carbocycles. The molecule has 3 heterocycles. The van der Waals surface area contributed by atoms with E-state index in [-0.39, 0.29) is 24.1 Å². The average Bonchev–Trinajstić information content (AvgIpc) is 3.16. The van der Waals surface area contributed by atoms with Crippen LogP contribution in [0.15, 0.2) is 48.7 Å². The molecular weight excluding hydrogens is 399 g/mol. The van der Waals surface area contributed by atoms with Gasteiger partial charge in [-0.05, 0) is 42.7 Å². The Morgan fingerprint density at radius 3 is 2.73 bits per heavy atom. The molecule has 1 fully saturated rings. The van der Waals surface area contributed by atoms with Crippen LogP contribution >= 0.6 is 0 Å². The summed E-state index contributed by atoms with van der Waals surface area (Å²) < 4.78 is 42.4. The first-order valence-corrected chi connectivity index (χ1v) is 9.56. The number of ether oxygens (including phenoxy) is 1. The highest BCUT2D eigenvalue weighted by Gasteiger charge is 2.31. The van der Waals surface area contributed by atoms with Gasteiger partial charge in [-0.25, -0.2) is 0 Å². The van der Waals surface area contributed by atoms with Crippen LogP contribution in [0, 0.1) is 5.92 Å². The summed E-state index contributed by atoms with van der Waals surface area (Å²) in [6, 6.07) is 11.1. The van der Waals surface area contributed by atoms with Crippen LogP contribution in [-0.4, -0.2) is 40.0 Å². The van der Waals surface area contributed by atoms with E-state index in [1.54, 1.807) is 0 Å². The number of halogens is 3. The Labute approximate surface area is 170 Å². The number of carbonyl (C=O) groups is 1. The van der Waals surface area contributed by atoms with Crippen molar-refractivity contribution in [3.8, 4) is 5.75 Å². The number of hydrogen-bond acceptors (Lipinski definition) is 5. The second kappa shape index (κ2) is 8.21. The minimum Gasteiger partial charge on any atom is -0.406 e. The van der Waals surface area contributed by atoms with Crippen LogP contribution in [0.5, 0.6) is 5.75 Å². The SMILES string of the molecule is O=C(NCc1ccc(OC(F)(F)F)cc1)[C@H]1CCCN(c2nnc3ccccn23)C1. The zero-order chi connectivity index (χ0) is 21.1. The third kappa shape index (κ3) is 4.64. The van der Waals surface area contributed by atoms with Crippen LogP contribution in [0.25, 0.3) is 5.65 Å². The van der Waals surface area contributed by atoms with Crippen molar-refractivity contribution in [3.05, 3.63) is 54.2 Å². The molecule has 1 aliphatic heterocycles. The van der Waals surface area contributed by atoms with Crippen LogP contribution in [0.4, 0.5) is 19.1 Å². The summed E-state index contributed by atoms with van der Waals surface area (Å²) in [7, 11) is 0. The molecule has 158 valence electrons. The predicted molar refractivity (Wildman–Crippen MR) is 103 cm³/mol. The van der Waals surface area contributed by atoms with E-state index in [0.717, 1.165) is 25.0 Å². The van der Waals surface area contributed by atoms with Crippen molar-refractivity contribution in [2.75, 3.05) is 18.0 Å². The fraction of sp³-hybridized carbons (Fsp3) is 0.350. The number of nitrogens with zero attached hydrogens (tertiary/aromatic N) is 4. The molecule has 0 bridgehead atoms. The number of anilines is 1. The third-order valence-electron chi connectivity index (χ3n) is 4.99. The van der Waals surface area contributed by atoms with Crippen LogP contribution in [0.3, 0.4) is 0 Å². The van der Waals surface area contributed by atoms with Gasteiger partial charge in [0, 0.05) is 25.8 Å². The van der Waals surface area contributed by atoms with Crippen molar-refractivity contribution in [2.24, 2.45) is 5.92 Å². The van der Waals surface area contributed by atoms with Crippen LogP contribution < -0.4 is 15.0 Å². The van der Waals surface area contributed by atoms with Gasteiger partial charge in [-0.1, -0.05) is 18.2 Å². The summed E-state index contributed by atoms with van der Waals surface area (Å²) in [5, 5.41) is 11.3. The normalized spacial score (nSPS) is 17.2. The van der Waals surface area contributed by atoms with E-state index in [2.05, 4.69) is 25.2 Å². The molecule has 1 aliphatic rings. The summed E-state index contributed by atoms with van der Waals surface area (Å²) >= 11 is 0. The standard InChI is InChI=1S/C20H20F3N5O2/c21-20(22,23)30-16-8-6-14(7-9-16)12-24-18(29)15-4-3-10-27(13-15)19-26-25-17-5-1-2-11-28(17)19/h1-2,5-9,11,15H,3-4,10,12-13H2,(H,24,29)/t15-/m0/s1. The molecule has 1 saturated heterocycles. The molecule has 1 atom stereocenters. The molecule has 1 N–H and O–H groups in total. The maximum Gasteiger partial charge on any atom is 0.573 e. The lowest BCUT2D eigenvalue weighted by atomic mass is 9.97. The largest absolute Gasteiger partial charge is 0.573 e. The molecule has 2 aromatic heterocycles. The molecule has 1 aromatic carbocycles. The fourth-order valence-electron chi connectivity index (χ4n) is 3.56. The molecule has 0 aliphatic carbocycles. The molecule has 1 amide bonds. The lowest BCUT2D eigenvalue weighted by Gasteiger charge is -2.32. The van der Waals surface area contributed by atoms with Gasteiger partial charge in [-0.2, -0.15) is 0 Å². The number of nitrogens with one attached hydrogen (secondary N) is 1. The van der Waals surface area contributed by atoms with Gasteiger partial charge in [0.25, 0.3) is 0 Å². The summed E-state index contributed by atoms with van der Waals surface area (Å²) in [6.07, 6.45) is -1.22. The first-order chi connectivity index (χ1) is 14.4. The van der Waals surface area contributed by atoms with E-state index in [9.17, 15) is 18.0 Å². The Morgan fingerprint density at radius 2 is 1.97 bits per heavy atom. The Balaban J connectivity index is 1.34. The minimum absolute atomic E-state index is 0.0934. The summed E-state index contributed by atoms with van der Waals surface area (Å²) in [6.45, 7) is 1.55. The Morgan fingerprint density at radius 1 is 1.17 bits per heavy atom. The zero-order valence-electron chi connectivity index (χ0n) is 16.0. The van der Waals surface area contributed by atoms with Crippen molar-refractivity contribution < 1.29 is 22.7 Å². The number of alkyl halides is 3. The molecule has 0 unspecified atom stereocenters. The van der Waals surface area contributed by atoms with Gasteiger partial charge < -0.3 is 15.0 Å². The van der Waals surface area contributed by atoms with Crippen LogP contribution in [0.2, 0.25) is 0 Å². The number of pyridine rings is 1. The maximum atomic E-state index is 12.7. The van der Waals surface area contributed by atoms with E-state index >= 15 is 0 Å². The zero-order valence-corrected chi connectivity index (χ0v) is 16.0. The lowest BCUT2D eigenvalue weighted by molar-refractivity contribution is -0.274. The van der Waals surface area contributed by atoms with E-state index in [1.165, 1.54) is 24.3 Å². The quantitative estimate of drug-likeness (QED) is 0.688. The average molecular weight is 419 g/mol. The predicted octanol–water partition coefficient (Wildman–Crippen LogP) is 3.16. The maximum absolute atomic E-state index is 12.7. The Kier molecular flexibility index (Phi) is 5.47. The van der Waals surface area contributed by atoms with Gasteiger partial charge in [0.1, 0.15) is 5.75 Å². The van der Waals surface area contributed by atoms with Gasteiger partial charge >= 0.3 is 6.36 Å². The minimum atomic E-state index is -4.72. The molecule has 3 aromatic rings. The number of carbonyl (C=O) groups excluding carboxylic acids is 1. The van der Waals surface area contributed by atoms with Crippen molar-refractivity contribution in [2.45, 2.75) is 25.7 Å². The molecule has 0 spiro atoms. The van der Waals surface area contributed by atoms with Gasteiger partial charge in [0.05, 0.1) is 5.92 Å². The topological polar surface area (TPSA) is 71.8 Å². The Bertz CT molecular complexity index is 1020. The van der Waals surface area contributed by atoms with Crippen LogP contribution in [0.1, 0.15) is 18.4 Å². The summed E-state index contributed by atoms with van der Waals surface area (Å²) in [5.74, 6) is 0.121. The number of hydrogen-bond donors (Lipinski definition) is 1. The monoisotopic (exact) mass is 419 g/mol. The second-order valence-corrected chi connectivity index (χ2v) is 7.12. The van der Waals surface area contributed by atoms with Crippen LogP contribution in [-0.2, 0) is 11.3 Å². The number of aromatic nitrogens is 3. The van der Waals surface area contributed by atoms with E-state index < -0.39 is 6.36 Å². The van der Waals surface area contributed by atoms with Crippen molar-refractivity contribution in [3.63, 3.8) is 0 Å². The van der Waals surface area contributed by atoms with E-state index in [4.69, 9.17) is 0 Å². The van der Waals surface area contributed by atoms with Gasteiger partial charge in [-0.3, -0.25) is 9.20 Å². The number of fused-ring (bicyclic) bond motifs is 1. The first kappa shape index (κ1) is 20.0. The molecular formula is C20H20F3N5O2. The van der Waals surface area contributed by atoms with E-state index in [0.29, 0.717) is 18.1 Å². The second-order valence-electron chi connectivity index (χ2n) is 7.12. The number of piperidine rings is 1. The third-order valence-corrected chi connectivity index (χ3v) is 4.99. The number of benzene rings is 1. The summed E-state index contributed by atoms with van der Waals surface area (Å²) in [4.78, 5) is 14.7. The number of amides is 1. The van der Waals surface area contributed by atoms with Crippen molar-refractivity contribution in [1.82, 2.24) is 19.9 Å². The highest BCUT2D eigenvalue weighted by molar-refractivity contribution is 5.79. The molecule has 10 heteroatoms. The van der Waals surface area contributed by atoms with Gasteiger partial charge in [0.2, 0.25) is 11.9 Å². The highest BCUT2D eigenvalue weighted by atomic mass is 19.4. The van der Waals surface area contributed by atoms with Crippen molar-refractivity contribution in [1.29, 1.82) is 0 Å². The lowest BCUT2D eigenvalue weighted by Crippen LogP contribution is -2.43. The van der Waals surface area contributed by atoms with Gasteiger partial charge in [0.15, 0.2) is 5.65 Å². The number of rotatable bonds is 5. The first-order valence-electron chi connectivity index (χ1n) is 9.56. The molecule has 7 nitrogen and oxygen atoms in total. The Hall–Kier alpha value is -3.30. The van der Waals surface area contributed by atoms with Crippen molar-refractivity contribution >= 4 is 17.5 Å². The fourth-order valence-corrected chi connectivity index (χ4v) is 3.56. The summed E-state index contributed by atoms with van der Waals surface area (Å²) in [5.41, 5.74) is 1.44. The van der Waals surface area contributed by atoms with E-state index in [1.807, 2.05) is 28.8 Å². The molecule has 4 rings (SSSR count). The molecule has 0 radical (unpaired) electrons. The molecule has 30 heavy (non-hydrogen) atoms.